The SMILES string of the molecule is CC1COCCN1C(=O)CCCC(=O)c1ccc(Br)cc1. The Morgan fingerprint density at radius 1 is 1.29 bits per heavy atom. The Morgan fingerprint density at radius 3 is 2.67 bits per heavy atom. The molecule has 0 aromatic heterocycles. The molecule has 1 unspecified atom stereocenters. The zero-order chi connectivity index (χ0) is 15.2. The molecule has 2 rings (SSSR count). The molecule has 1 aromatic rings. The molecule has 0 spiro atoms. The van der Waals surface area contributed by atoms with Crippen molar-refractivity contribution < 1.29 is 14.3 Å². The molecule has 1 aliphatic heterocycles. The van der Waals surface area contributed by atoms with E-state index in [2.05, 4.69) is 15.9 Å². The lowest BCUT2D eigenvalue weighted by atomic mass is 10.1. The number of ether oxygens (including phenoxy) is 1. The number of carbonyl (C=O) groups is 2. The average Bonchev–Trinajstić information content (AvgIpc) is 2.48. The summed E-state index contributed by atoms with van der Waals surface area (Å²) in [6.07, 6.45) is 1.43. The van der Waals surface area contributed by atoms with Crippen molar-refractivity contribution in [2.75, 3.05) is 19.8 Å². The number of halogens is 1. The summed E-state index contributed by atoms with van der Waals surface area (Å²) in [5, 5.41) is 0. The number of hydrogen-bond donors (Lipinski definition) is 0. The number of Topliss-reactive ketones (excluding diaryl/α,β-unsaturated/α-hetero) is 1. The van der Waals surface area contributed by atoms with Crippen LogP contribution in [-0.2, 0) is 9.53 Å². The predicted octanol–water partition coefficient (Wildman–Crippen LogP) is 3.05. The van der Waals surface area contributed by atoms with E-state index in [0.29, 0.717) is 44.6 Å². The maximum atomic E-state index is 12.1. The van der Waals surface area contributed by atoms with Gasteiger partial charge in [0.15, 0.2) is 5.78 Å². The highest BCUT2D eigenvalue weighted by Crippen LogP contribution is 2.14. The van der Waals surface area contributed by atoms with E-state index in [1.165, 1.54) is 0 Å². The lowest BCUT2D eigenvalue weighted by Gasteiger charge is -2.33. The highest BCUT2D eigenvalue weighted by molar-refractivity contribution is 9.10. The van der Waals surface area contributed by atoms with Crippen LogP contribution >= 0.6 is 15.9 Å². The van der Waals surface area contributed by atoms with Crippen LogP contribution in [0.15, 0.2) is 28.7 Å². The first kappa shape index (κ1) is 16.2. The molecule has 0 N–H and O–H groups in total. The van der Waals surface area contributed by atoms with E-state index in [9.17, 15) is 9.59 Å². The Labute approximate surface area is 133 Å². The third-order valence-corrected chi connectivity index (χ3v) is 4.18. The van der Waals surface area contributed by atoms with Crippen molar-refractivity contribution in [3.63, 3.8) is 0 Å². The lowest BCUT2D eigenvalue weighted by Crippen LogP contribution is -2.47. The highest BCUT2D eigenvalue weighted by Gasteiger charge is 2.23. The second-order valence-corrected chi connectivity index (χ2v) is 6.21. The van der Waals surface area contributed by atoms with Crippen molar-refractivity contribution in [2.45, 2.75) is 32.2 Å². The fourth-order valence-corrected chi connectivity index (χ4v) is 2.69. The molecule has 21 heavy (non-hydrogen) atoms. The number of carbonyl (C=O) groups excluding carboxylic acids is 2. The first-order valence-electron chi connectivity index (χ1n) is 7.24. The third kappa shape index (κ3) is 4.64. The third-order valence-electron chi connectivity index (χ3n) is 3.65. The molecule has 1 aliphatic rings. The van der Waals surface area contributed by atoms with Gasteiger partial charge >= 0.3 is 0 Å². The van der Waals surface area contributed by atoms with Crippen molar-refractivity contribution in [3.05, 3.63) is 34.3 Å². The van der Waals surface area contributed by atoms with Crippen LogP contribution in [0.4, 0.5) is 0 Å². The molecule has 1 saturated heterocycles. The van der Waals surface area contributed by atoms with Crippen LogP contribution in [0.3, 0.4) is 0 Å². The zero-order valence-electron chi connectivity index (χ0n) is 12.2. The highest BCUT2D eigenvalue weighted by atomic mass is 79.9. The molecule has 5 heteroatoms. The molecule has 0 bridgehead atoms. The van der Waals surface area contributed by atoms with Gasteiger partial charge in [0.2, 0.25) is 5.91 Å². The average molecular weight is 354 g/mol. The van der Waals surface area contributed by atoms with Gasteiger partial charge in [0.05, 0.1) is 19.3 Å². The molecule has 1 amide bonds. The molecule has 0 aliphatic carbocycles. The van der Waals surface area contributed by atoms with Crippen molar-refractivity contribution in [1.82, 2.24) is 4.90 Å². The molecule has 0 saturated carbocycles. The van der Waals surface area contributed by atoms with Crippen LogP contribution in [0.2, 0.25) is 0 Å². The first-order valence-corrected chi connectivity index (χ1v) is 8.03. The van der Waals surface area contributed by atoms with E-state index in [-0.39, 0.29) is 17.7 Å². The summed E-state index contributed by atoms with van der Waals surface area (Å²) in [5.41, 5.74) is 0.699. The minimum atomic E-state index is 0.0883. The number of amides is 1. The fraction of sp³-hybridized carbons (Fsp3) is 0.500. The van der Waals surface area contributed by atoms with E-state index in [1.54, 1.807) is 12.1 Å². The molecule has 1 fully saturated rings. The molecule has 0 radical (unpaired) electrons. The Kier molecular flexibility index (Phi) is 5.94. The second-order valence-electron chi connectivity index (χ2n) is 5.29. The molecular formula is C16H20BrNO3. The molecule has 1 heterocycles. The van der Waals surface area contributed by atoms with Gasteiger partial charge < -0.3 is 9.64 Å². The summed E-state index contributed by atoms with van der Waals surface area (Å²) in [7, 11) is 0. The lowest BCUT2D eigenvalue weighted by molar-refractivity contribution is -0.139. The minimum absolute atomic E-state index is 0.0883. The quantitative estimate of drug-likeness (QED) is 0.764. The van der Waals surface area contributed by atoms with Gasteiger partial charge in [-0.15, -0.1) is 0 Å². The van der Waals surface area contributed by atoms with Crippen LogP contribution in [0, 0.1) is 0 Å². The van der Waals surface area contributed by atoms with Crippen LogP contribution in [0.5, 0.6) is 0 Å². The van der Waals surface area contributed by atoms with Crippen molar-refractivity contribution in [2.24, 2.45) is 0 Å². The standard InChI is InChI=1S/C16H20BrNO3/c1-12-11-21-10-9-18(12)16(20)4-2-3-15(19)13-5-7-14(17)8-6-13/h5-8,12H,2-4,9-11H2,1H3. The van der Waals surface area contributed by atoms with E-state index >= 15 is 0 Å². The number of nitrogens with zero attached hydrogens (tertiary/aromatic N) is 1. The molecule has 1 aromatic carbocycles. The predicted molar refractivity (Wildman–Crippen MR) is 84.3 cm³/mol. The monoisotopic (exact) mass is 353 g/mol. The van der Waals surface area contributed by atoms with Crippen LogP contribution in [0.1, 0.15) is 36.5 Å². The van der Waals surface area contributed by atoms with Crippen LogP contribution < -0.4 is 0 Å². The van der Waals surface area contributed by atoms with Gasteiger partial charge in [-0.25, -0.2) is 0 Å². The van der Waals surface area contributed by atoms with Crippen molar-refractivity contribution in [1.29, 1.82) is 0 Å². The second kappa shape index (κ2) is 7.71. The number of benzene rings is 1. The zero-order valence-corrected chi connectivity index (χ0v) is 13.8. The Hall–Kier alpha value is -1.20. The summed E-state index contributed by atoms with van der Waals surface area (Å²) >= 11 is 3.34. The van der Waals surface area contributed by atoms with Gasteiger partial charge in [-0.3, -0.25) is 9.59 Å². The molecule has 114 valence electrons. The molecule has 4 nitrogen and oxygen atoms in total. The fourth-order valence-electron chi connectivity index (χ4n) is 2.42. The number of hydrogen-bond acceptors (Lipinski definition) is 3. The maximum absolute atomic E-state index is 12.1. The number of rotatable bonds is 5. The van der Waals surface area contributed by atoms with Gasteiger partial charge in [0.1, 0.15) is 0 Å². The Balaban J connectivity index is 1.77. The molecular weight excluding hydrogens is 334 g/mol. The summed E-state index contributed by atoms with van der Waals surface area (Å²) in [6, 6.07) is 7.45. The summed E-state index contributed by atoms with van der Waals surface area (Å²) in [6.45, 7) is 3.85. The van der Waals surface area contributed by atoms with E-state index < -0.39 is 0 Å². The topological polar surface area (TPSA) is 46.6 Å². The van der Waals surface area contributed by atoms with Crippen molar-refractivity contribution in [3.8, 4) is 0 Å². The first-order chi connectivity index (χ1) is 10.1. The van der Waals surface area contributed by atoms with Gasteiger partial charge in [0, 0.05) is 29.4 Å². The van der Waals surface area contributed by atoms with Crippen LogP contribution in [0.25, 0.3) is 0 Å². The largest absolute Gasteiger partial charge is 0.377 e. The summed E-state index contributed by atoms with van der Waals surface area (Å²) < 4.78 is 6.27. The molecule has 1 atom stereocenters. The van der Waals surface area contributed by atoms with Gasteiger partial charge in [-0.05, 0) is 25.5 Å². The minimum Gasteiger partial charge on any atom is -0.377 e. The number of morpholine rings is 1. The van der Waals surface area contributed by atoms with Gasteiger partial charge in [-0.1, -0.05) is 28.1 Å². The van der Waals surface area contributed by atoms with Gasteiger partial charge in [0.25, 0.3) is 0 Å². The number of ketones is 1. The Morgan fingerprint density at radius 2 is 2.00 bits per heavy atom. The maximum Gasteiger partial charge on any atom is 0.222 e. The summed E-state index contributed by atoms with van der Waals surface area (Å²) in [5.74, 6) is 0.208. The van der Waals surface area contributed by atoms with E-state index in [4.69, 9.17) is 4.74 Å². The van der Waals surface area contributed by atoms with Gasteiger partial charge in [-0.2, -0.15) is 0 Å². The van der Waals surface area contributed by atoms with E-state index in [0.717, 1.165) is 4.47 Å². The van der Waals surface area contributed by atoms with Crippen molar-refractivity contribution >= 4 is 27.6 Å². The smallest absolute Gasteiger partial charge is 0.222 e. The van der Waals surface area contributed by atoms with Crippen LogP contribution in [-0.4, -0.2) is 42.4 Å². The van der Waals surface area contributed by atoms with E-state index in [1.807, 2.05) is 24.0 Å². The Bertz CT molecular complexity index is 501. The normalized spacial score (nSPS) is 18.6. The summed E-state index contributed by atoms with van der Waals surface area (Å²) in [4.78, 5) is 26.0.